The maximum Gasteiger partial charge on any atom is 0.242 e. The van der Waals surface area contributed by atoms with Gasteiger partial charge in [0.2, 0.25) is 11.8 Å². The molecule has 17 heavy (non-hydrogen) atoms. The Bertz CT molecular complexity index is 262. The van der Waals surface area contributed by atoms with Crippen molar-refractivity contribution in [3.05, 3.63) is 0 Å². The highest BCUT2D eigenvalue weighted by Gasteiger charge is 2.21. The zero-order chi connectivity index (χ0) is 12.7. The smallest absolute Gasteiger partial charge is 0.242 e. The number of ether oxygens (including phenoxy) is 1. The Hall–Kier alpha value is -1.10. The van der Waals surface area contributed by atoms with Crippen LogP contribution in [0.4, 0.5) is 0 Å². The summed E-state index contributed by atoms with van der Waals surface area (Å²) in [5.74, 6) is 0.0174. The SMILES string of the molecule is COCCCN(CC(=O)N1CCCC1)C(C)=O. The van der Waals surface area contributed by atoms with Crippen molar-refractivity contribution in [3.8, 4) is 0 Å². The van der Waals surface area contributed by atoms with Crippen molar-refractivity contribution in [2.75, 3.05) is 39.9 Å². The molecule has 0 bridgehead atoms. The molecule has 1 saturated heterocycles. The highest BCUT2D eigenvalue weighted by molar-refractivity contribution is 5.83. The number of rotatable bonds is 6. The normalized spacial score (nSPS) is 15.1. The molecule has 1 fully saturated rings. The van der Waals surface area contributed by atoms with Gasteiger partial charge in [-0.3, -0.25) is 9.59 Å². The topological polar surface area (TPSA) is 49.9 Å². The number of methoxy groups -OCH3 is 1. The van der Waals surface area contributed by atoms with Gasteiger partial charge < -0.3 is 14.5 Å². The minimum absolute atomic E-state index is 0.0475. The van der Waals surface area contributed by atoms with Crippen LogP contribution in [-0.4, -0.2) is 61.5 Å². The fourth-order valence-corrected chi connectivity index (χ4v) is 1.98. The molecule has 1 aliphatic rings. The summed E-state index contributed by atoms with van der Waals surface area (Å²) in [6, 6.07) is 0. The molecular weight excluding hydrogens is 220 g/mol. The quantitative estimate of drug-likeness (QED) is 0.637. The van der Waals surface area contributed by atoms with Gasteiger partial charge in [0.1, 0.15) is 0 Å². The summed E-state index contributed by atoms with van der Waals surface area (Å²) in [6.45, 7) is 4.58. The van der Waals surface area contributed by atoms with E-state index in [-0.39, 0.29) is 18.4 Å². The van der Waals surface area contributed by atoms with Gasteiger partial charge in [0, 0.05) is 40.3 Å². The lowest BCUT2D eigenvalue weighted by Gasteiger charge is -2.23. The Labute approximate surface area is 103 Å². The van der Waals surface area contributed by atoms with Crippen molar-refractivity contribution in [1.82, 2.24) is 9.80 Å². The average Bonchev–Trinajstić information content (AvgIpc) is 2.81. The van der Waals surface area contributed by atoms with Crippen LogP contribution in [0.1, 0.15) is 26.2 Å². The zero-order valence-corrected chi connectivity index (χ0v) is 10.8. The largest absolute Gasteiger partial charge is 0.385 e. The van der Waals surface area contributed by atoms with Gasteiger partial charge in [-0.1, -0.05) is 0 Å². The average molecular weight is 242 g/mol. The summed E-state index contributed by atoms with van der Waals surface area (Å²) in [5.41, 5.74) is 0. The van der Waals surface area contributed by atoms with E-state index in [0.717, 1.165) is 32.4 Å². The molecule has 0 aromatic heterocycles. The molecule has 0 spiro atoms. The predicted octanol–water partition coefficient (Wildman–Crippen LogP) is 0.494. The van der Waals surface area contributed by atoms with Crippen LogP contribution in [0.2, 0.25) is 0 Å². The lowest BCUT2D eigenvalue weighted by Crippen LogP contribution is -2.41. The van der Waals surface area contributed by atoms with E-state index in [1.54, 1.807) is 12.0 Å². The van der Waals surface area contributed by atoms with Gasteiger partial charge in [0.15, 0.2) is 0 Å². The van der Waals surface area contributed by atoms with Gasteiger partial charge in [-0.15, -0.1) is 0 Å². The molecule has 0 radical (unpaired) electrons. The van der Waals surface area contributed by atoms with Gasteiger partial charge in [-0.05, 0) is 19.3 Å². The van der Waals surface area contributed by atoms with E-state index in [1.807, 2.05) is 4.90 Å². The lowest BCUT2D eigenvalue weighted by atomic mass is 10.3. The minimum atomic E-state index is -0.0475. The van der Waals surface area contributed by atoms with Gasteiger partial charge in [-0.2, -0.15) is 0 Å². The van der Waals surface area contributed by atoms with E-state index in [9.17, 15) is 9.59 Å². The van der Waals surface area contributed by atoms with E-state index < -0.39 is 0 Å². The molecule has 0 unspecified atom stereocenters. The van der Waals surface area contributed by atoms with Gasteiger partial charge >= 0.3 is 0 Å². The second kappa shape index (κ2) is 7.27. The van der Waals surface area contributed by atoms with Crippen LogP contribution in [0.5, 0.6) is 0 Å². The fourth-order valence-electron chi connectivity index (χ4n) is 1.98. The zero-order valence-electron chi connectivity index (χ0n) is 10.8. The van der Waals surface area contributed by atoms with Crippen LogP contribution < -0.4 is 0 Å². The molecule has 5 heteroatoms. The molecular formula is C12H22N2O3. The summed E-state index contributed by atoms with van der Waals surface area (Å²) < 4.78 is 4.94. The van der Waals surface area contributed by atoms with Crippen molar-refractivity contribution in [1.29, 1.82) is 0 Å². The third-order valence-electron chi connectivity index (χ3n) is 3.01. The highest BCUT2D eigenvalue weighted by Crippen LogP contribution is 2.08. The molecule has 0 aromatic carbocycles. The Morgan fingerprint density at radius 2 is 1.94 bits per heavy atom. The second-order valence-corrected chi connectivity index (χ2v) is 4.37. The van der Waals surface area contributed by atoms with E-state index in [0.29, 0.717) is 13.2 Å². The van der Waals surface area contributed by atoms with Crippen LogP contribution in [0.3, 0.4) is 0 Å². The van der Waals surface area contributed by atoms with E-state index >= 15 is 0 Å². The molecule has 98 valence electrons. The summed E-state index contributed by atoms with van der Waals surface area (Å²) in [5, 5.41) is 0. The first-order chi connectivity index (χ1) is 8.15. The first-order valence-corrected chi connectivity index (χ1v) is 6.17. The predicted molar refractivity (Wildman–Crippen MR) is 64.6 cm³/mol. The molecule has 5 nitrogen and oxygen atoms in total. The lowest BCUT2D eigenvalue weighted by molar-refractivity contribution is -0.138. The third-order valence-corrected chi connectivity index (χ3v) is 3.01. The van der Waals surface area contributed by atoms with Gasteiger partial charge in [0.05, 0.1) is 6.54 Å². The van der Waals surface area contributed by atoms with Crippen LogP contribution in [0.15, 0.2) is 0 Å². The number of amides is 2. The molecule has 1 aliphatic heterocycles. The number of carbonyl (C=O) groups is 2. The summed E-state index contributed by atoms with van der Waals surface area (Å²) in [4.78, 5) is 26.7. The molecule has 0 N–H and O–H groups in total. The maximum absolute atomic E-state index is 11.9. The van der Waals surface area contributed by atoms with Crippen LogP contribution in [0.25, 0.3) is 0 Å². The molecule has 1 rings (SSSR count). The van der Waals surface area contributed by atoms with Crippen molar-refractivity contribution in [2.24, 2.45) is 0 Å². The van der Waals surface area contributed by atoms with Crippen LogP contribution in [-0.2, 0) is 14.3 Å². The van der Waals surface area contributed by atoms with Crippen molar-refractivity contribution >= 4 is 11.8 Å². The standard InChI is InChI=1S/C12H22N2O3/c1-11(15)14(8-5-9-17-2)10-12(16)13-6-3-4-7-13/h3-10H2,1-2H3. The molecule has 0 atom stereocenters. The number of carbonyl (C=O) groups excluding carboxylic acids is 2. The Balaban J connectivity index is 2.36. The number of hydrogen-bond acceptors (Lipinski definition) is 3. The summed E-state index contributed by atoms with van der Waals surface area (Å²) >= 11 is 0. The van der Waals surface area contributed by atoms with Crippen LogP contribution in [0, 0.1) is 0 Å². The van der Waals surface area contributed by atoms with E-state index in [2.05, 4.69) is 0 Å². The Morgan fingerprint density at radius 3 is 2.47 bits per heavy atom. The third kappa shape index (κ3) is 4.73. The fraction of sp³-hybridized carbons (Fsp3) is 0.833. The van der Waals surface area contributed by atoms with Gasteiger partial charge in [-0.25, -0.2) is 0 Å². The van der Waals surface area contributed by atoms with Gasteiger partial charge in [0.25, 0.3) is 0 Å². The molecule has 1 heterocycles. The first-order valence-electron chi connectivity index (χ1n) is 6.17. The highest BCUT2D eigenvalue weighted by atomic mass is 16.5. The second-order valence-electron chi connectivity index (χ2n) is 4.37. The molecule has 2 amide bonds. The monoisotopic (exact) mass is 242 g/mol. The first kappa shape index (κ1) is 14.0. The summed E-state index contributed by atoms with van der Waals surface area (Å²) in [6.07, 6.45) is 2.92. The van der Waals surface area contributed by atoms with E-state index in [4.69, 9.17) is 4.74 Å². The molecule has 0 saturated carbocycles. The Morgan fingerprint density at radius 1 is 1.29 bits per heavy atom. The van der Waals surface area contributed by atoms with Crippen molar-refractivity contribution < 1.29 is 14.3 Å². The Kier molecular flexibility index (Phi) is 5.97. The number of hydrogen-bond donors (Lipinski definition) is 0. The summed E-state index contributed by atoms with van der Waals surface area (Å²) in [7, 11) is 1.63. The molecule has 0 aliphatic carbocycles. The van der Waals surface area contributed by atoms with Crippen molar-refractivity contribution in [2.45, 2.75) is 26.2 Å². The minimum Gasteiger partial charge on any atom is -0.385 e. The number of nitrogens with zero attached hydrogens (tertiary/aromatic N) is 2. The van der Waals surface area contributed by atoms with Crippen LogP contribution >= 0.6 is 0 Å². The maximum atomic E-state index is 11.9. The van der Waals surface area contributed by atoms with E-state index in [1.165, 1.54) is 6.92 Å². The molecule has 0 aromatic rings. The number of likely N-dealkylation sites (tertiary alicyclic amines) is 1. The van der Waals surface area contributed by atoms with Crippen molar-refractivity contribution in [3.63, 3.8) is 0 Å².